The van der Waals surface area contributed by atoms with Crippen LogP contribution in [-0.4, -0.2) is 70.9 Å². The summed E-state index contributed by atoms with van der Waals surface area (Å²) in [7, 11) is -3.58. The van der Waals surface area contributed by atoms with Crippen LogP contribution in [0.5, 0.6) is 0 Å². The molecule has 1 amide bonds. The standard InChI is InChI=1S/C19H31N3O4S/c1-4-17-6-8-18(9-7-17)22(27(3,24)25)16(2)19(23)20-10-5-11-21-12-14-26-15-13-21/h6-9,16H,4-5,10-15H2,1-3H3,(H,20,23). The van der Waals surface area contributed by atoms with E-state index in [-0.39, 0.29) is 5.91 Å². The molecule has 27 heavy (non-hydrogen) atoms. The number of hydrogen-bond donors (Lipinski definition) is 1. The van der Waals surface area contributed by atoms with Gasteiger partial charge in [0, 0.05) is 19.6 Å². The van der Waals surface area contributed by atoms with Crippen LogP contribution in [0.3, 0.4) is 0 Å². The Hall–Kier alpha value is -1.64. The summed E-state index contributed by atoms with van der Waals surface area (Å²) in [5, 5.41) is 2.86. The van der Waals surface area contributed by atoms with Gasteiger partial charge in [-0.2, -0.15) is 0 Å². The van der Waals surface area contributed by atoms with E-state index in [1.807, 2.05) is 19.1 Å². The van der Waals surface area contributed by atoms with E-state index in [9.17, 15) is 13.2 Å². The molecule has 8 heteroatoms. The Balaban J connectivity index is 1.93. The number of carbonyl (C=O) groups excluding carboxylic acids is 1. The summed E-state index contributed by atoms with van der Waals surface area (Å²) in [5.74, 6) is -0.290. The predicted octanol–water partition coefficient (Wildman–Crippen LogP) is 1.24. The lowest BCUT2D eigenvalue weighted by Crippen LogP contribution is -2.48. The second-order valence-electron chi connectivity index (χ2n) is 6.85. The van der Waals surface area contributed by atoms with Crippen molar-refractivity contribution in [3.05, 3.63) is 29.8 Å². The number of anilines is 1. The summed E-state index contributed by atoms with van der Waals surface area (Å²) in [5.41, 5.74) is 1.62. The Bertz CT molecular complexity index is 700. The highest BCUT2D eigenvalue weighted by Crippen LogP contribution is 2.21. The second kappa shape index (κ2) is 10.1. The Kier molecular flexibility index (Phi) is 8.07. The maximum Gasteiger partial charge on any atom is 0.243 e. The Labute approximate surface area is 162 Å². The lowest BCUT2D eigenvalue weighted by Gasteiger charge is -2.29. The topological polar surface area (TPSA) is 79.0 Å². The van der Waals surface area contributed by atoms with E-state index >= 15 is 0 Å². The van der Waals surface area contributed by atoms with Gasteiger partial charge in [-0.05, 0) is 44.0 Å². The van der Waals surface area contributed by atoms with E-state index in [2.05, 4.69) is 10.2 Å². The molecule has 2 rings (SSSR count). The van der Waals surface area contributed by atoms with Crippen molar-refractivity contribution in [1.82, 2.24) is 10.2 Å². The van der Waals surface area contributed by atoms with E-state index in [0.717, 1.165) is 57.5 Å². The van der Waals surface area contributed by atoms with E-state index in [0.29, 0.717) is 12.2 Å². The molecular formula is C19H31N3O4S. The number of rotatable bonds is 9. The molecule has 1 fully saturated rings. The quantitative estimate of drug-likeness (QED) is 0.635. The molecule has 0 bridgehead atoms. The number of hydrogen-bond acceptors (Lipinski definition) is 5. The average molecular weight is 398 g/mol. The molecule has 1 unspecified atom stereocenters. The minimum Gasteiger partial charge on any atom is -0.379 e. The van der Waals surface area contributed by atoms with Crippen LogP contribution in [0, 0.1) is 0 Å². The summed E-state index contributed by atoms with van der Waals surface area (Å²) in [6.07, 6.45) is 2.82. The Morgan fingerprint density at radius 2 is 1.89 bits per heavy atom. The lowest BCUT2D eigenvalue weighted by molar-refractivity contribution is -0.121. The summed E-state index contributed by atoms with van der Waals surface area (Å²) in [6, 6.07) is 6.47. The molecular weight excluding hydrogens is 366 g/mol. The lowest BCUT2D eigenvalue weighted by atomic mass is 10.1. The smallest absolute Gasteiger partial charge is 0.243 e. The molecule has 0 aliphatic carbocycles. The van der Waals surface area contributed by atoms with Crippen molar-refractivity contribution in [2.45, 2.75) is 32.7 Å². The molecule has 0 aromatic heterocycles. The zero-order valence-corrected chi connectivity index (χ0v) is 17.3. The van der Waals surface area contributed by atoms with Gasteiger partial charge in [0.2, 0.25) is 15.9 Å². The first-order valence-corrected chi connectivity index (χ1v) is 11.3. The molecule has 1 aliphatic rings. The first-order valence-electron chi connectivity index (χ1n) is 9.49. The number of carbonyl (C=O) groups is 1. The molecule has 1 heterocycles. The van der Waals surface area contributed by atoms with Gasteiger partial charge in [0.1, 0.15) is 6.04 Å². The number of nitrogens with zero attached hydrogens (tertiary/aromatic N) is 2. The molecule has 152 valence electrons. The van der Waals surface area contributed by atoms with Crippen molar-refractivity contribution in [2.24, 2.45) is 0 Å². The fraction of sp³-hybridized carbons (Fsp3) is 0.632. The molecule has 1 aromatic rings. The number of sulfonamides is 1. The Morgan fingerprint density at radius 3 is 2.44 bits per heavy atom. The summed E-state index contributed by atoms with van der Waals surface area (Å²) in [6.45, 7) is 8.41. The highest BCUT2D eigenvalue weighted by atomic mass is 32.2. The minimum atomic E-state index is -3.58. The van der Waals surface area contributed by atoms with Crippen LogP contribution in [0.1, 0.15) is 25.8 Å². The van der Waals surface area contributed by atoms with E-state index in [1.165, 1.54) is 4.31 Å². The van der Waals surface area contributed by atoms with Gasteiger partial charge in [-0.1, -0.05) is 19.1 Å². The first kappa shape index (κ1) is 21.7. The zero-order valence-electron chi connectivity index (χ0n) is 16.5. The maximum absolute atomic E-state index is 12.5. The van der Waals surface area contributed by atoms with Gasteiger partial charge in [0.25, 0.3) is 0 Å². The maximum atomic E-state index is 12.5. The van der Waals surface area contributed by atoms with Crippen LogP contribution in [0.2, 0.25) is 0 Å². The van der Waals surface area contributed by atoms with Gasteiger partial charge < -0.3 is 10.1 Å². The van der Waals surface area contributed by atoms with Gasteiger partial charge in [0.15, 0.2) is 0 Å². The Morgan fingerprint density at radius 1 is 1.26 bits per heavy atom. The van der Waals surface area contributed by atoms with Crippen molar-refractivity contribution in [3.63, 3.8) is 0 Å². The zero-order chi connectivity index (χ0) is 19.9. The number of morpholine rings is 1. The summed E-state index contributed by atoms with van der Waals surface area (Å²) in [4.78, 5) is 14.8. The fourth-order valence-electron chi connectivity index (χ4n) is 3.17. The van der Waals surface area contributed by atoms with Gasteiger partial charge in [-0.15, -0.1) is 0 Å². The summed E-state index contributed by atoms with van der Waals surface area (Å²) >= 11 is 0. The molecule has 1 atom stereocenters. The molecule has 0 radical (unpaired) electrons. The van der Waals surface area contributed by atoms with Gasteiger partial charge in [-0.3, -0.25) is 14.0 Å². The van der Waals surface area contributed by atoms with Crippen molar-refractivity contribution in [3.8, 4) is 0 Å². The molecule has 1 N–H and O–H groups in total. The van der Waals surface area contributed by atoms with Crippen LogP contribution < -0.4 is 9.62 Å². The molecule has 0 saturated carbocycles. The third-order valence-electron chi connectivity index (χ3n) is 4.74. The normalized spacial score (nSPS) is 16.7. The third kappa shape index (κ3) is 6.48. The highest BCUT2D eigenvalue weighted by molar-refractivity contribution is 7.92. The fourth-order valence-corrected chi connectivity index (χ4v) is 4.35. The van der Waals surface area contributed by atoms with Crippen molar-refractivity contribution >= 4 is 21.6 Å². The van der Waals surface area contributed by atoms with Crippen molar-refractivity contribution in [1.29, 1.82) is 0 Å². The largest absolute Gasteiger partial charge is 0.379 e. The van der Waals surface area contributed by atoms with Gasteiger partial charge in [0.05, 0.1) is 25.2 Å². The van der Waals surface area contributed by atoms with Crippen molar-refractivity contribution < 1.29 is 17.9 Å². The van der Waals surface area contributed by atoms with E-state index < -0.39 is 16.1 Å². The second-order valence-corrected chi connectivity index (χ2v) is 8.71. The van der Waals surface area contributed by atoms with Crippen LogP contribution in [0.15, 0.2) is 24.3 Å². The average Bonchev–Trinajstić information content (AvgIpc) is 2.65. The predicted molar refractivity (Wildman–Crippen MR) is 107 cm³/mol. The first-order chi connectivity index (χ1) is 12.8. The minimum absolute atomic E-state index is 0.290. The van der Waals surface area contributed by atoms with Gasteiger partial charge in [-0.25, -0.2) is 8.42 Å². The molecule has 1 saturated heterocycles. The van der Waals surface area contributed by atoms with Gasteiger partial charge >= 0.3 is 0 Å². The van der Waals surface area contributed by atoms with Crippen LogP contribution in [0.4, 0.5) is 5.69 Å². The number of ether oxygens (including phenoxy) is 1. The molecule has 1 aromatic carbocycles. The number of nitrogens with one attached hydrogen (secondary N) is 1. The number of benzene rings is 1. The SMILES string of the molecule is CCc1ccc(N(C(C)C(=O)NCCCN2CCOCC2)S(C)(=O)=O)cc1. The van der Waals surface area contributed by atoms with E-state index in [1.54, 1.807) is 19.1 Å². The van der Waals surface area contributed by atoms with Crippen molar-refractivity contribution in [2.75, 3.05) is 50.0 Å². The monoisotopic (exact) mass is 397 g/mol. The molecule has 7 nitrogen and oxygen atoms in total. The number of aryl methyl sites for hydroxylation is 1. The molecule has 0 spiro atoms. The summed E-state index contributed by atoms with van der Waals surface area (Å²) < 4.78 is 31.1. The molecule has 1 aliphatic heterocycles. The van der Waals surface area contributed by atoms with E-state index in [4.69, 9.17) is 4.74 Å². The third-order valence-corrected chi connectivity index (χ3v) is 5.98. The van der Waals surface area contributed by atoms with Crippen LogP contribution in [0.25, 0.3) is 0 Å². The van der Waals surface area contributed by atoms with Crippen LogP contribution in [-0.2, 0) is 26.0 Å². The highest BCUT2D eigenvalue weighted by Gasteiger charge is 2.28. The van der Waals surface area contributed by atoms with Crippen LogP contribution >= 0.6 is 0 Å². The number of amides is 1.